The van der Waals surface area contributed by atoms with Gasteiger partial charge in [-0.3, -0.25) is 4.79 Å². The van der Waals surface area contributed by atoms with Crippen LogP contribution in [0.3, 0.4) is 0 Å². The Morgan fingerprint density at radius 3 is 2.00 bits per heavy atom. The highest BCUT2D eigenvalue weighted by Gasteiger charge is 2.10. The Morgan fingerprint density at radius 2 is 1.77 bits per heavy atom. The van der Waals surface area contributed by atoms with Gasteiger partial charge < -0.3 is 10.5 Å². The van der Waals surface area contributed by atoms with Crippen molar-refractivity contribution in [2.24, 2.45) is 5.73 Å². The van der Waals surface area contributed by atoms with Crippen LogP contribution in [-0.2, 0) is 9.53 Å². The van der Waals surface area contributed by atoms with Crippen molar-refractivity contribution in [1.29, 1.82) is 0 Å². The monoisotopic (exact) mass is 209 g/mol. The number of nitrogens with two attached hydrogens (primary N) is 1. The summed E-state index contributed by atoms with van der Waals surface area (Å²) in [5, 5.41) is 0. The van der Waals surface area contributed by atoms with E-state index >= 15 is 0 Å². The highest BCUT2D eigenvalue weighted by atomic mass is 32.1. The third-order valence-corrected chi connectivity index (χ3v) is 1.03. The van der Waals surface area contributed by atoms with E-state index in [4.69, 9.17) is 5.73 Å². The fraction of sp³-hybridized carbons (Fsp3) is 0.889. The molecule has 0 fully saturated rings. The first-order valence-electron chi connectivity index (χ1n) is 4.59. The van der Waals surface area contributed by atoms with Gasteiger partial charge in [0.25, 0.3) is 0 Å². The van der Waals surface area contributed by atoms with E-state index in [1.165, 1.54) is 0 Å². The number of carbonyl (C=O) groups excluding carboxylic acids is 1. The molecule has 0 saturated heterocycles. The van der Waals surface area contributed by atoms with Gasteiger partial charge in [0.2, 0.25) is 0 Å². The topological polar surface area (TPSA) is 52.3 Å². The molecule has 0 amide bonds. The van der Waals surface area contributed by atoms with E-state index in [1.54, 1.807) is 13.2 Å². The number of hydrogen-bond donors (Lipinski definition) is 2. The largest absolute Gasteiger partial charge is 0.465 e. The molecule has 2 N–H and O–H groups in total. The molecule has 1 atom stereocenters. The van der Waals surface area contributed by atoms with Crippen LogP contribution in [0, 0.1) is 0 Å². The van der Waals surface area contributed by atoms with Crippen LogP contribution in [-0.4, -0.2) is 24.9 Å². The molecule has 82 valence electrons. The first kappa shape index (κ1) is 18.5. The molecule has 3 nitrogen and oxygen atoms in total. The fourth-order valence-corrected chi connectivity index (χ4v) is 0.416. The van der Waals surface area contributed by atoms with Crippen LogP contribution in [0.5, 0.6) is 0 Å². The Morgan fingerprint density at radius 1 is 1.38 bits per heavy atom. The lowest BCUT2D eigenvalue weighted by Crippen LogP contribution is -2.31. The van der Waals surface area contributed by atoms with Gasteiger partial charge in [-0.15, -0.1) is 0 Å². The average molecular weight is 209 g/mol. The lowest BCUT2D eigenvalue weighted by molar-refractivity contribution is -0.144. The van der Waals surface area contributed by atoms with Crippen molar-refractivity contribution in [3.05, 3.63) is 0 Å². The van der Waals surface area contributed by atoms with E-state index in [0.717, 1.165) is 0 Å². The summed E-state index contributed by atoms with van der Waals surface area (Å²) in [6.07, 6.45) is 2.33. The number of thiol groups is 1. The van der Waals surface area contributed by atoms with E-state index in [-0.39, 0.29) is 5.97 Å². The second-order valence-electron chi connectivity index (χ2n) is 1.77. The number of ether oxygens (including phenoxy) is 1. The molecule has 0 rings (SSSR count). The maximum Gasteiger partial charge on any atom is 0.322 e. The van der Waals surface area contributed by atoms with E-state index in [1.807, 2.05) is 20.8 Å². The second kappa shape index (κ2) is 17.8. The number of rotatable bonds is 3. The smallest absolute Gasteiger partial charge is 0.322 e. The number of hydrogen-bond acceptors (Lipinski definition) is 4. The zero-order valence-electron chi connectivity index (χ0n) is 9.33. The van der Waals surface area contributed by atoms with Crippen LogP contribution in [0.25, 0.3) is 0 Å². The summed E-state index contributed by atoms with van der Waals surface area (Å²) in [6, 6.07) is -0.440. The maximum absolute atomic E-state index is 10.6. The van der Waals surface area contributed by atoms with E-state index < -0.39 is 6.04 Å². The van der Waals surface area contributed by atoms with Crippen molar-refractivity contribution in [2.75, 3.05) is 12.9 Å². The summed E-state index contributed by atoms with van der Waals surface area (Å²) in [5.74, 6) is -0.306. The SMILES string of the molecule is CC.CCOC(=O)[C@@H](N)CC.CS. The Kier molecular flexibility index (Phi) is 25.3. The molecule has 0 aromatic heterocycles. The van der Waals surface area contributed by atoms with Gasteiger partial charge in [-0.05, 0) is 19.6 Å². The molecule has 0 aliphatic carbocycles. The predicted octanol–water partition coefficient (Wildman–Crippen LogP) is 1.86. The molecule has 0 saturated carbocycles. The van der Waals surface area contributed by atoms with Crippen molar-refractivity contribution in [3.63, 3.8) is 0 Å². The number of esters is 1. The van der Waals surface area contributed by atoms with Crippen LogP contribution in [0.1, 0.15) is 34.1 Å². The zero-order valence-corrected chi connectivity index (χ0v) is 10.2. The van der Waals surface area contributed by atoms with Crippen molar-refractivity contribution in [2.45, 2.75) is 40.2 Å². The minimum absolute atomic E-state index is 0.306. The Labute approximate surface area is 87.4 Å². The molecule has 0 aliphatic heterocycles. The molecule has 0 heterocycles. The predicted molar refractivity (Wildman–Crippen MR) is 61.2 cm³/mol. The summed E-state index contributed by atoms with van der Waals surface area (Å²) in [5.41, 5.74) is 5.33. The molecule has 0 unspecified atom stereocenters. The molecule has 0 bridgehead atoms. The van der Waals surface area contributed by atoms with Gasteiger partial charge in [0, 0.05) is 0 Å². The van der Waals surface area contributed by atoms with E-state index in [2.05, 4.69) is 17.4 Å². The molecule has 0 radical (unpaired) electrons. The van der Waals surface area contributed by atoms with Gasteiger partial charge >= 0.3 is 5.97 Å². The third-order valence-electron chi connectivity index (χ3n) is 1.03. The minimum atomic E-state index is -0.440. The Bertz CT molecular complexity index is 99.6. The first-order valence-corrected chi connectivity index (χ1v) is 5.48. The van der Waals surface area contributed by atoms with Crippen LogP contribution >= 0.6 is 12.6 Å². The molecule has 4 heteroatoms. The van der Waals surface area contributed by atoms with Crippen LogP contribution in [0.2, 0.25) is 0 Å². The number of carbonyl (C=O) groups is 1. The highest BCUT2D eigenvalue weighted by molar-refractivity contribution is 7.79. The molecular formula is C9H23NO2S. The van der Waals surface area contributed by atoms with Gasteiger partial charge in [0.05, 0.1) is 6.61 Å². The second-order valence-corrected chi connectivity index (χ2v) is 1.77. The normalized spacial score (nSPS) is 9.77. The van der Waals surface area contributed by atoms with Crippen molar-refractivity contribution in [1.82, 2.24) is 0 Å². The first-order chi connectivity index (χ1) is 6.22. The summed E-state index contributed by atoms with van der Waals surface area (Å²) >= 11 is 3.53. The average Bonchev–Trinajstić information content (AvgIpc) is 2.23. The van der Waals surface area contributed by atoms with E-state index in [9.17, 15) is 4.79 Å². The molecule has 13 heavy (non-hydrogen) atoms. The maximum atomic E-state index is 10.6. The molecule has 0 aliphatic rings. The molecule has 0 aromatic rings. The quantitative estimate of drug-likeness (QED) is 0.551. The lowest BCUT2D eigenvalue weighted by atomic mass is 10.2. The van der Waals surface area contributed by atoms with Crippen molar-refractivity contribution < 1.29 is 9.53 Å². The van der Waals surface area contributed by atoms with Crippen LogP contribution in [0.4, 0.5) is 0 Å². The minimum Gasteiger partial charge on any atom is -0.465 e. The van der Waals surface area contributed by atoms with Gasteiger partial charge in [-0.25, -0.2) is 0 Å². The summed E-state index contributed by atoms with van der Waals surface area (Å²) in [4.78, 5) is 10.6. The van der Waals surface area contributed by atoms with Crippen LogP contribution < -0.4 is 5.73 Å². The van der Waals surface area contributed by atoms with Gasteiger partial charge in [-0.2, -0.15) is 12.6 Å². The third kappa shape index (κ3) is 14.6. The van der Waals surface area contributed by atoms with Gasteiger partial charge in [0.1, 0.15) is 6.04 Å². The highest BCUT2D eigenvalue weighted by Crippen LogP contribution is 1.89. The lowest BCUT2D eigenvalue weighted by Gasteiger charge is -2.05. The van der Waals surface area contributed by atoms with Gasteiger partial charge in [0.15, 0.2) is 0 Å². The van der Waals surface area contributed by atoms with Crippen LogP contribution in [0.15, 0.2) is 0 Å². The molecule has 0 aromatic carbocycles. The Balaban J connectivity index is -0.000000218. The van der Waals surface area contributed by atoms with Crippen molar-refractivity contribution in [3.8, 4) is 0 Å². The van der Waals surface area contributed by atoms with E-state index in [0.29, 0.717) is 13.0 Å². The van der Waals surface area contributed by atoms with Gasteiger partial charge in [-0.1, -0.05) is 20.8 Å². The Hall–Kier alpha value is -0.220. The zero-order chi connectivity index (χ0) is 11.3. The standard InChI is InChI=1S/C6H13NO2.C2H6.CH4S/c1-3-5(7)6(8)9-4-2;2*1-2/h5H,3-4,7H2,1-2H3;1-2H3;2H,1H3/t5-;;/m0../s1. The fourth-order valence-electron chi connectivity index (χ4n) is 0.416. The summed E-state index contributed by atoms with van der Waals surface area (Å²) < 4.78 is 4.63. The molecule has 0 spiro atoms. The molecular weight excluding hydrogens is 186 g/mol. The summed E-state index contributed by atoms with van der Waals surface area (Å²) in [6.45, 7) is 8.02. The van der Waals surface area contributed by atoms with Crippen molar-refractivity contribution >= 4 is 18.6 Å². The summed E-state index contributed by atoms with van der Waals surface area (Å²) in [7, 11) is 0.